The van der Waals surface area contributed by atoms with Crippen LogP contribution in [-0.4, -0.2) is 94.4 Å². The van der Waals surface area contributed by atoms with Crippen molar-refractivity contribution in [1.82, 2.24) is 24.8 Å². The minimum Gasteiger partial charge on any atom is -0.465 e. The van der Waals surface area contributed by atoms with Crippen LogP contribution < -0.4 is 14.5 Å². The number of nitriles is 1. The van der Waals surface area contributed by atoms with Gasteiger partial charge in [-0.1, -0.05) is 18.2 Å². The third-order valence-corrected chi connectivity index (χ3v) is 8.41. The Balaban J connectivity index is 1.33. The first-order valence-corrected chi connectivity index (χ1v) is 13.9. The van der Waals surface area contributed by atoms with E-state index < -0.39 is 12.1 Å². The molecule has 5 heterocycles. The molecule has 2 saturated heterocycles. The molecule has 2 atom stereocenters. The summed E-state index contributed by atoms with van der Waals surface area (Å²) in [5.41, 5.74) is 4.02. The van der Waals surface area contributed by atoms with E-state index in [2.05, 4.69) is 57.1 Å². The number of anilines is 2. The molecule has 40 heavy (non-hydrogen) atoms. The molecule has 2 aromatic heterocycles. The van der Waals surface area contributed by atoms with Crippen molar-refractivity contribution in [3.05, 3.63) is 47.8 Å². The summed E-state index contributed by atoms with van der Waals surface area (Å²) < 4.78 is 6.22. The second kappa shape index (κ2) is 11.1. The van der Waals surface area contributed by atoms with Gasteiger partial charge in [-0.2, -0.15) is 15.2 Å². The Hall–Kier alpha value is -4.17. The molecule has 3 aromatic rings. The molecule has 0 radical (unpaired) electrons. The number of aromatic nitrogens is 3. The normalized spacial score (nSPS) is 21.4. The van der Waals surface area contributed by atoms with Gasteiger partial charge in [-0.3, -0.25) is 4.98 Å². The number of carbonyl (C=O) groups is 1. The Morgan fingerprint density at radius 1 is 1.12 bits per heavy atom. The Morgan fingerprint density at radius 2 is 2.00 bits per heavy atom. The van der Waals surface area contributed by atoms with Crippen LogP contribution in [0.1, 0.15) is 30.5 Å². The summed E-state index contributed by atoms with van der Waals surface area (Å²) in [4.78, 5) is 34.4. The van der Waals surface area contributed by atoms with Crippen LogP contribution in [0, 0.1) is 11.3 Å². The van der Waals surface area contributed by atoms with Gasteiger partial charge in [0.1, 0.15) is 12.4 Å². The van der Waals surface area contributed by atoms with Crippen molar-refractivity contribution in [3.8, 4) is 12.1 Å². The number of benzene rings is 1. The maximum atomic E-state index is 11.8. The molecule has 0 spiro atoms. The number of ether oxygens (including phenoxy) is 1. The molecule has 2 fully saturated rings. The number of hydrogen-bond acceptors (Lipinski definition) is 9. The van der Waals surface area contributed by atoms with Crippen LogP contribution in [0.5, 0.6) is 6.01 Å². The van der Waals surface area contributed by atoms with Gasteiger partial charge in [-0.25, -0.2) is 4.79 Å². The predicted octanol–water partition coefficient (Wildman–Crippen LogP) is 3.14. The number of piperazine rings is 1. The van der Waals surface area contributed by atoms with E-state index in [-0.39, 0.29) is 6.42 Å². The highest BCUT2D eigenvalue weighted by Crippen LogP contribution is 2.34. The van der Waals surface area contributed by atoms with Crippen molar-refractivity contribution in [2.45, 2.75) is 44.3 Å². The zero-order valence-electron chi connectivity index (χ0n) is 22.7. The predicted molar refractivity (Wildman–Crippen MR) is 151 cm³/mol. The number of likely N-dealkylation sites (tertiary alicyclic amines) is 1. The summed E-state index contributed by atoms with van der Waals surface area (Å²) in [6.07, 6.45) is 3.95. The van der Waals surface area contributed by atoms with E-state index in [1.54, 1.807) is 0 Å². The monoisotopic (exact) mass is 542 g/mol. The van der Waals surface area contributed by atoms with Crippen LogP contribution in [0.4, 0.5) is 16.3 Å². The van der Waals surface area contributed by atoms with Crippen molar-refractivity contribution in [1.29, 1.82) is 5.26 Å². The molecule has 0 saturated carbocycles. The zero-order valence-corrected chi connectivity index (χ0v) is 22.7. The lowest BCUT2D eigenvalue weighted by Gasteiger charge is -2.41. The molecule has 0 bridgehead atoms. The SMILES string of the molecule is CN1CCC[C@H]1COc1nc2c(c(N3CCN(C(=O)O)[C@@H](CC#N)C3)n1)CCN(c1cccc3cccnc13)C2. The summed E-state index contributed by atoms with van der Waals surface area (Å²) in [5.74, 6) is 0.795. The minimum absolute atomic E-state index is 0.134. The van der Waals surface area contributed by atoms with Gasteiger partial charge in [0.25, 0.3) is 0 Å². The average Bonchev–Trinajstić information content (AvgIpc) is 3.39. The number of amides is 1. The van der Waals surface area contributed by atoms with Crippen molar-refractivity contribution < 1.29 is 14.6 Å². The Bertz CT molecular complexity index is 1440. The Morgan fingerprint density at radius 3 is 2.80 bits per heavy atom. The van der Waals surface area contributed by atoms with Gasteiger partial charge in [0, 0.05) is 49.4 Å². The van der Waals surface area contributed by atoms with E-state index >= 15 is 0 Å². The van der Waals surface area contributed by atoms with E-state index in [1.165, 1.54) is 4.90 Å². The summed E-state index contributed by atoms with van der Waals surface area (Å²) in [6.45, 7) is 4.18. The van der Waals surface area contributed by atoms with Gasteiger partial charge in [0.2, 0.25) is 0 Å². The Labute approximate surface area is 233 Å². The lowest BCUT2D eigenvalue weighted by molar-refractivity contribution is 0.119. The molecule has 3 aliphatic heterocycles. The van der Waals surface area contributed by atoms with E-state index in [1.807, 2.05) is 12.3 Å². The second-order valence-electron chi connectivity index (χ2n) is 10.8. The number of rotatable bonds is 6. The van der Waals surface area contributed by atoms with E-state index in [0.29, 0.717) is 44.8 Å². The van der Waals surface area contributed by atoms with Gasteiger partial charge in [-0.05, 0) is 45.0 Å². The first-order valence-electron chi connectivity index (χ1n) is 13.9. The van der Waals surface area contributed by atoms with Gasteiger partial charge < -0.3 is 29.4 Å². The summed E-state index contributed by atoms with van der Waals surface area (Å²) >= 11 is 0. The molecule has 0 unspecified atom stereocenters. The number of hydrogen-bond donors (Lipinski definition) is 1. The minimum atomic E-state index is -0.992. The maximum Gasteiger partial charge on any atom is 0.407 e. The molecule has 11 nitrogen and oxygen atoms in total. The zero-order chi connectivity index (χ0) is 27.6. The number of likely N-dealkylation sites (N-methyl/N-ethyl adjacent to an activating group) is 1. The molecule has 0 aliphatic carbocycles. The van der Waals surface area contributed by atoms with Crippen LogP contribution in [0.2, 0.25) is 0 Å². The molecule has 208 valence electrons. The second-order valence-corrected chi connectivity index (χ2v) is 10.8. The van der Waals surface area contributed by atoms with Gasteiger partial charge in [0.05, 0.1) is 42.0 Å². The fourth-order valence-electron chi connectivity index (χ4n) is 6.20. The molecule has 11 heteroatoms. The van der Waals surface area contributed by atoms with Gasteiger partial charge in [0.15, 0.2) is 0 Å². The van der Waals surface area contributed by atoms with Crippen molar-refractivity contribution in [2.24, 2.45) is 0 Å². The largest absolute Gasteiger partial charge is 0.465 e. The first kappa shape index (κ1) is 26.1. The van der Waals surface area contributed by atoms with Crippen LogP contribution in [-0.2, 0) is 13.0 Å². The molecule has 3 aliphatic rings. The Kier molecular flexibility index (Phi) is 7.26. The first-order chi connectivity index (χ1) is 19.5. The number of para-hydroxylation sites is 1. The highest BCUT2D eigenvalue weighted by Gasteiger charge is 2.34. The summed E-state index contributed by atoms with van der Waals surface area (Å²) in [5, 5.41) is 20.1. The van der Waals surface area contributed by atoms with E-state index in [4.69, 9.17) is 14.7 Å². The quantitative estimate of drug-likeness (QED) is 0.497. The van der Waals surface area contributed by atoms with Crippen LogP contribution in [0.15, 0.2) is 36.5 Å². The molecule has 1 aromatic carbocycles. The standard InChI is InChI=1S/C29H34N8O3/c1-34-13-4-7-22(34)19-40-28-32-24-18-35(25-8-2-5-20-6-3-12-31-26(20)25)14-10-23(24)27(33-28)36-15-16-37(29(38)39)21(17-36)9-11-30/h2-3,5-6,8,12,21-22H,4,7,9-10,13-19H2,1H3,(H,38,39)/t21-,22-/m0/s1. The molecule has 1 amide bonds. The highest BCUT2D eigenvalue weighted by atomic mass is 16.5. The van der Waals surface area contributed by atoms with E-state index in [0.717, 1.165) is 66.0 Å². The lowest BCUT2D eigenvalue weighted by atomic mass is 10.0. The third kappa shape index (κ3) is 5.07. The highest BCUT2D eigenvalue weighted by molar-refractivity contribution is 5.90. The fourth-order valence-corrected chi connectivity index (χ4v) is 6.20. The molecule has 1 N–H and O–H groups in total. The fraction of sp³-hybridized carbons (Fsp3) is 0.483. The van der Waals surface area contributed by atoms with E-state index in [9.17, 15) is 15.2 Å². The lowest BCUT2D eigenvalue weighted by Crippen LogP contribution is -2.55. The van der Waals surface area contributed by atoms with Crippen molar-refractivity contribution in [2.75, 3.05) is 56.2 Å². The maximum absolute atomic E-state index is 11.8. The van der Waals surface area contributed by atoms with Gasteiger partial charge >= 0.3 is 12.1 Å². The number of nitrogens with zero attached hydrogens (tertiary/aromatic N) is 8. The number of fused-ring (bicyclic) bond motifs is 2. The molecule has 6 rings (SSSR count). The summed E-state index contributed by atoms with van der Waals surface area (Å²) in [7, 11) is 2.12. The number of carboxylic acid groups (broad SMARTS) is 1. The van der Waals surface area contributed by atoms with Crippen molar-refractivity contribution >= 4 is 28.5 Å². The topological polar surface area (TPSA) is 122 Å². The van der Waals surface area contributed by atoms with Gasteiger partial charge in [-0.15, -0.1) is 0 Å². The van der Waals surface area contributed by atoms with Crippen LogP contribution in [0.25, 0.3) is 10.9 Å². The molecular formula is C29H34N8O3. The molecular weight excluding hydrogens is 508 g/mol. The smallest absolute Gasteiger partial charge is 0.407 e. The summed E-state index contributed by atoms with van der Waals surface area (Å²) in [6, 6.07) is 12.7. The average molecular weight is 543 g/mol. The third-order valence-electron chi connectivity index (χ3n) is 8.41. The number of pyridine rings is 1. The van der Waals surface area contributed by atoms with Crippen LogP contribution in [0.3, 0.4) is 0 Å². The van der Waals surface area contributed by atoms with Crippen LogP contribution >= 0.6 is 0 Å². The van der Waals surface area contributed by atoms with Crippen molar-refractivity contribution in [3.63, 3.8) is 0 Å².